The van der Waals surface area contributed by atoms with Gasteiger partial charge in [0.15, 0.2) is 6.29 Å². The lowest BCUT2D eigenvalue weighted by molar-refractivity contribution is -0.130. The van der Waals surface area contributed by atoms with Crippen molar-refractivity contribution in [3.63, 3.8) is 0 Å². The molecule has 3 amide bonds. The summed E-state index contributed by atoms with van der Waals surface area (Å²) in [5, 5.41) is 16.8. The summed E-state index contributed by atoms with van der Waals surface area (Å²) in [5.74, 6) is 0.320. The van der Waals surface area contributed by atoms with Crippen molar-refractivity contribution in [2.75, 3.05) is 10.6 Å². The molecule has 1 fully saturated rings. The fourth-order valence-corrected chi connectivity index (χ4v) is 3.98. The summed E-state index contributed by atoms with van der Waals surface area (Å²) in [6, 6.07) is 18.6. The summed E-state index contributed by atoms with van der Waals surface area (Å²) in [6.07, 6.45) is 0.164. The number of rotatable bonds is 5. The number of urea groups is 1. The van der Waals surface area contributed by atoms with E-state index in [0.717, 1.165) is 17.5 Å². The van der Waals surface area contributed by atoms with Crippen LogP contribution in [-0.2, 0) is 4.79 Å². The molecule has 166 valence electrons. The first-order chi connectivity index (χ1) is 15.4. The molecule has 0 spiro atoms. The van der Waals surface area contributed by atoms with Gasteiger partial charge >= 0.3 is 6.03 Å². The molecule has 4 N–H and O–H groups in total. The van der Waals surface area contributed by atoms with Gasteiger partial charge in [-0.15, -0.1) is 0 Å². The Balaban J connectivity index is 1.62. The molecule has 2 heterocycles. The Bertz CT molecular complexity index is 1110. The summed E-state index contributed by atoms with van der Waals surface area (Å²) in [4.78, 5) is 25.3. The molecule has 8 nitrogen and oxygen atoms in total. The second kappa shape index (κ2) is 9.23. The monoisotopic (exact) mass is 432 g/mol. The number of nitrogens with zero attached hydrogens (tertiary/aromatic N) is 2. The van der Waals surface area contributed by atoms with Gasteiger partial charge in [-0.1, -0.05) is 49.4 Å². The zero-order valence-corrected chi connectivity index (χ0v) is 18.4. The Hall–Kier alpha value is -3.65. The number of amides is 3. The molecule has 4 rings (SSSR count). The molecule has 32 heavy (non-hydrogen) atoms. The van der Waals surface area contributed by atoms with Gasteiger partial charge in [-0.25, -0.2) is 9.48 Å². The Morgan fingerprint density at radius 3 is 2.56 bits per heavy atom. The number of carbonyl (C=O) groups excluding carboxylic acids is 2. The molecule has 3 aromatic rings. The number of benzene rings is 2. The molecule has 1 aliphatic heterocycles. The molecule has 8 heteroatoms. The van der Waals surface area contributed by atoms with Gasteiger partial charge in [-0.2, -0.15) is 5.10 Å². The zero-order chi connectivity index (χ0) is 22.7. The van der Waals surface area contributed by atoms with Gasteiger partial charge < -0.3 is 10.6 Å². The van der Waals surface area contributed by atoms with Gasteiger partial charge in [0.1, 0.15) is 5.82 Å². The molecular formula is C24H28N6O2. The number of aryl methyl sites for hydroxylation is 1. The molecule has 3 atom stereocenters. The van der Waals surface area contributed by atoms with Crippen molar-refractivity contribution in [1.82, 2.24) is 20.4 Å². The lowest BCUT2D eigenvalue weighted by atomic mass is 9.95. The minimum absolute atomic E-state index is 0.0305. The van der Waals surface area contributed by atoms with Crippen LogP contribution in [0.2, 0.25) is 0 Å². The Labute approximate surface area is 187 Å². The van der Waals surface area contributed by atoms with Crippen LogP contribution in [0.25, 0.3) is 11.3 Å². The van der Waals surface area contributed by atoms with Gasteiger partial charge in [0, 0.05) is 23.4 Å². The highest BCUT2D eigenvalue weighted by Gasteiger charge is 2.34. The van der Waals surface area contributed by atoms with E-state index < -0.39 is 12.3 Å². The molecule has 1 aromatic heterocycles. The molecule has 0 saturated carbocycles. The zero-order valence-electron chi connectivity index (χ0n) is 18.4. The van der Waals surface area contributed by atoms with E-state index in [0.29, 0.717) is 17.2 Å². The average Bonchev–Trinajstić information content (AvgIpc) is 3.18. The minimum Gasteiger partial charge on any atom is -0.322 e. The van der Waals surface area contributed by atoms with Crippen LogP contribution >= 0.6 is 0 Å². The third-order valence-electron chi connectivity index (χ3n) is 5.65. The van der Waals surface area contributed by atoms with Crippen LogP contribution in [0.4, 0.5) is 16.3 Å². The molecule has 1 aliphatic rings. The maximum absolute atomic E-state index is 12.7. The Kier molecular flexibility index (Phi) is 6.23. The first-order valence-electron chi connectivity index (χ1n) is 10.8. The van der Waals surface area contributed by atoms with Gasteiger partial charge in [0.05, 0.1) is 11.6 Å². The van der Waals surface area contributed by atoms with Crippen molar-refractivity contribution in [2.24, 2.45) is 5.92 Å². The summed E-state index contributed by atoms with van der Waals surface area (Å²) in [6.45, 7) is 5.94. The number of nitrogens with one attached hydrogen (secondary N) is 4. The lowest BCUT2D eigenvalue weighted by Crippen LogP contribution is -2.57. The fourth-order valence-electron chi connectivity index (χ4n) is 3.98. The summed E-state index contributed by atoms with van der Waals surface area (Å²) < 4.78 is 1.61. The topological polar surface area (TPSA) is 100 Å². The molecule has 3 unspecified atom stereocenters. The predicted molar refractivity (Wildman–Crippen MR) is 125 cm³/mol. The van der Waals surface area contributed by atoms with E-state index >= 15 is 0 Å². The van der Waals surface area contributed by atoms with Crippen LogP contribution in [0.5, 0.6) is 0 Å². The number of hydrogen-bond acceptors (Lipinski definition) is 4. The number of carbonyl (C=O) groups is 2. The maximum Gasteiger partial charge on any atom is 0.324 e. The first kappa shape index (κ1) is 21.6. The van der Waals surface area contributed by atoms with Crippen LogP contribution in [0.15, 0.2) is 60.7 Å². The summed E-state index contributed by atoms with van der Waals surface area (Å²) in [7, 11) is 0. The Morgan fingerprint density at radius 2 is 1.88 bits per heavy atom. The first-order valence-corrected chi connectivity index (χ1v) is 10.8. The van der Waals surface area contributed by atoms with Crippen molar-refractivity contribution < 1.29 is 9.59 Å². The van der Waals surface area contributed by atoms with Crippen molar-refractivity contribution in [3.05, 3.63) is 66.2 Å². The van der Waals surface area contributed by atoms with Crippen molar-refractivity contribution in [2.45, 2.75) is 39.5 Å². The second-order valence-corrected chi connectivity index (χ2v) is 8.06. The van der Waals surface area contributed by atoms with E-state index in [1.807, 2.05) is 75.4 Å². The molecule has 1 saturated heterocycles. The van der Waals surface area contributed by atoms with E-state index in [1.54, 1.807) is 10.7 Å². The van der Waals surface area contributed by atoms with Crippen LogP contribution in [0.1, 0.15) is 32.1 Å². The SMILES string of the molecule is CCC1C(=O)NC(n2nc(-c3ccccc3)cc2NC(=O)Nc2cccc(C)c2)NC1C. The summed E-state index contributed by atoms with van der Waals surface area (Å²) >= 11 is 0. The van der Waals surface area contributed by atoms with E-state index in [4.69, 9.17) is 5.10 Å². The van der Waals surface area contributed by atoms with Crippen LogP contribution < -0.4 is 21.3 Å². The van der Waals surface area contributed by atoms with Gasteiger partial charge in [0.2, 0.25) is 5.91 Å². The second-order valence-electron chi connectivity index (χ2n) is 8.06. The molecule has 0 bridgehead atoms. The van der Waals surface area contributed by atoms with Crippen LogP contribution in [0, 0.1) is 12.8 Å². The summed E-state index contributed by atoms with van der Waals surface area (Å²) in [5.41, 5.74) is 3.35. The van der Waals surface area contributed by atoms with E-state index in [9.17, 15) is 9.59 Å². The van der Waals surface area contributed by atoms with E-state index in [-0.39, 0.29) is 17.9 Å². The lowest BCUT2D eigenvalue weighted by Gasteiger charge is -2.35. The molecule has 2 aromatic carbocycles. The minimum atomic E-state index is -0.577. The van der Waals surface area contributed by atoms with Crippen molar-refractivity contribution >= 4 is 23.4 Å². The van der Waals surface area contributed by atoms with Crippen molar-refractivity contribution in [1.29, 1.82) is 0 Å². The third-order valence-corrected chi connectivity index (χ3v) is 5.65. The fraction of sp³-hybridized carbons (Fsp3) is 0.292. The van der Waals surface area contributed by atoms with Gasteiger partial charge in [-0.3, -0.25) is 15.4 Å². The van der Waals surface area contributed by atoms with Gasteiger partial charge in [0.25, 0.3) is 0 Å². The van der Waals surface area contributed by atoms with E-state index in [2.05, 4.69) is 21.3 Å². The predicted octanol–water partition coefficient (Wildman–Crippen LogP) is 4.09. The highest BCUT2D eigenvalue weighted by Crippen LogP contribution is 2.26. The average molecular weight is 433 g/mol. The standard InChI is InChI=1S/C24H28N6O2/c1-4-19-16(3)25-23(28-22(19)31)30-21(14-20(29-30)17-10-6-5-7-11-17)27-24(32)26-18-12-8-9-15(2)13-18/h5-14,16,19,23,25H,4H2,1-3H3,(H,28,31)(H2,26,27,32). The largest absolute Gasteiger partial charge is 0.324 e. The number of aromatic nitrogens is 2. The van der Waals surface area contributed by atoms with Crippen LogP contribution in [0.3, 0.4) is 0 Å². The highest BCUT2D eigenvalue weighted by molar-refractivity contribution is 5.99. The quantitative estimate of drug-likeness (QED) is 0.488. The number of anilines is 2. The third kappa shape index (κ3) is 4.65. The molecular weight excluding hydrogens is 404 g/mol. The maximum atomic E-state index is 12.7. The molecule has 0 radical (unpaired) electrons. The normalized spacial score (nSPS) is 20.5. The van der Waals surface area contributed by atoms with Crippen LogP contribution in [-0.4, -0.2) is 27.8 Å². The Morgan fingerprint density at radius 1 is 1.09 bits per heavy atom. The highest BCUT2D eigenvalue weighted by atomic mass is 16.2. The van der Waals surface area contributed by atoms with Gasteiger partial charge in [-0.05, 0) is 38.0 Å². The van der Waals surface area contributed by atoms with Crippen molar-refractivity contribution in [3.8, 4) is 11.3 Å². The number of hydrogen-bond donors (Lipinski definition) is 4. The molecule has 0 aliphatic carbocycles. The smallest absolute Gasteiger partial charge is 0.322 e. The van der Waals surface area contributed by atoms with E-state index in [1.165, 1.54) is 0 Å².